The lowest BCUT2D eigenvalue weighted by atomic mass is 10.0. The number of para-hydroxylation sites is 1. The van der Waals surface area contributed by atoms with E-state index in [1.54, 1.807) is 30.0 Å². The summed E-state index contributed by atoms with van der Waals surface area (Å²) in [5, 5.41) is 5.74. The molecular weight excluding hydrogens is 392 g/mol. The number of nitrogens with zero attached hydrogens (tertiary/aromatic N) is 1. The maximum atomic E-state index is 12.5. The van der Waals surface area contributed by atoms with Crippen LogP contribution in [0.4, 0.5) is 0 Å². The van der Waals surface area contributed by atoms with Crippen molar-refractivity contribution >= 4 is 45.9 Å². The molecule has 2 heterocycles. The topological polar surface area (TPSA) is 68.3 Å². The van der Waals surface area contributed by atoms with Gasteiger partial charge in [-0.1, -0.05) is 24.3 Å². The minimum Gasteiger partial charge on any atom is -0.452 e. The molecule has 0 aliphatic rings. The highest BCUT2D eigenvalue weighted by Gasteiger charge is 2.18. The number of hydrogen-bond donors (Lipinski definition) is 1. The summed E-state index contributed by atoms with van der Waals surface area (Å²) in [6.07, 6.45) is 0. The van der Waals surface area contributed by atoms with E-state index in [2.05, 4.69) is 21.7 Å². The summed E-state index contributed by atoms with van der Waals surface area (Å²) in [5.41, 5.74) is 2.69. The number of aromatic nitrogens is 1. The maximum absolute atomic E-state index is 12.5. The van der Waals surface area contributed by atoms with Crippen LogP contribution in [0.25, 0.3) is 10.9 Å². The van der Waals surface area contributed by atoms with Crippen LogP contribution in [0.5, 0.6) is 0 Å². The van der Waals surface area contributed by atoms with Crippen molar-refractivity contribution in [3.05, 3.63) is 63.5 Å². The molecule has 1 N–H and O–H groups in total. The number of benzene rings is 1. The third-order valence-electron chi connectivity index (χ3n) is 4.26. The quantitative estimate of drug-likeness (QED) is 0.444. The van der Waals surface area contributed by atoms with Crippen LogP contribution in [0.3, 0.4) is 0 Å². The van der Waals surface area contributed by atoms with Gasteiger partial charge in [-0.05, 0) is 36.9 Å². The molecule has 0 fully saturated rings. The highest BCUT2D eigenvalue weighted by atomic mass is 32.2. The van der Waals surface area contributed by atoms with E-state index in [4.69, 9.17) is 4.74 Å². The lowest BCUT2D eigenvalue weighted by Gasteiger charge is -2.12. The monoisotopic (exact) mass is 414 g/mol. The van der Waals surface area contributed by atoms with Crippen LogP contribution < -0.4 is 5.32 Å². The summed E-state index contributed by atoms with van der Waals surface area (Å²) < 4.78 is 5.22. The Balaban J connectivity index is 1.47. The minimum atomic E-state index is -0.518. The van der Waals surface area contributed by atoms with Gasteiger partial charge in [-0.25, -0.2) is 4.79 Å². The van der Waals surface area contributed by atoms with Gasteiger partial charge in [0.1, 0.15) is 0 Å². The predicted octanol–water partition coefficient (Wildman–Crippen LogP) is 4.12. The van der Waals surface area contributed by atoms with E-state index in [0.717, 1.165) is 28.0 Å². The molecule has 0 saturated heterocycles. The van der Waals surface area contributed by atoms with Gasteiger partial charge in [0.15, 0.2) is 6.61 Å². The molecule has 0 atom stereocenters. The van der Waals surface area contributed by atoms with E-state index < -0.39 is 5.97 Å². The maximum Gasteiger partial charge on any atom is 0.340 e. The number of nitrogens with one attached hydrogen (secondary N) is 1. The number of thioether (sulfide) groups is 1. The van der Waals surface area contributed by atoms with Gasteiger partial charge in [0.05, 0.1) is 16.8 Å². The second kappa shape index (κ2) is 9.71. The number of pyridine rings is 1. The zero-order valence-electron chi connectivity index (χ0n) is 15.9. The van der Waals surface area contributed by atoms with Crippen LogP contribution in [-0.2, 0) is 15.3 Å². The molecule has 146 valence electrons. The van der Waals surface area contributed by atoms with Crippen molar-refractivity contribution in [1.82, 2.24) is 10.3 Å². The second-order valence-corrected chi connectivity index (χ2v) is 8.41. The number of fused-ring (bicyclic) bond motifs is 1. The third-order valence-corrected chi connectivity index (χ3v) is 6.33. The molecule has 0 unspecified atom stereocenters. The van der Waals surface area contributed by atoms with Crippen molar-refractivity contribution in [1.29, 1.82) is 0 Å². The molecular formula is C21H22N2O3S2. The number of thiophene rings is 1. The van der Waals surface area contributed by atoms with Gasteiger partial charge in [0.2, 0.25) is 0 Å². The van der Waals surface area contributed by atoms with E-state index in [9.17, 15) is 9.59 Å². The van der Waals surface area contributed by atoms with Crippen molar-refractivity contribution in [2.45, 2.75) is 19.6 Å². The van der Waals surface area contributed by atoms with Crippen LogP contribution in [-0.4, -0.2) is 35.8 Å². The van der Waals surface area contributed by atoms with Gasteiger partial charge < -0.3 is 10.1 Å². The van der Waals surface area contributed by atoms with E-state index in [0.29, 0.717) is 17.8 Å². The smallest absolute Gasteiger partial charge is 0.340 e. The Hall–Kier alpha value is -2.38. The Kier molecular flexibility index (Phi) is 7.06. The zero-order valence-corrected chi connectivity index (χ0v) is 17.5. The number of carbonyl (C=O) groups is 2. The Morgan fingerprint density at radius 3 is 2.79 bits per heavy atom. The molecule has 2 aromatic heterocycles. The van der Waals surface area contributed by atoms with Crippen LogP contribution in [0, 0.1) is 13.8 Å². The molecule has 0 spiro atoms. The number of ether oxygens (including phenoxy) is 1. The van der Waals surface area contributed by atoms with Crippen LogP contribution in [0.2, 0.25) is 0 Å². The molecule has 0 radical (unpaired) electrons. The predicted molar refractivity (Wildman–Crippen MR) is 115 cm³/mol. The van der Waals surface area contributed by atoms with E-state index in [-0.39, 0.29) is 12.5 Å². The van der Waals surface area contributed by atoms with Crippen molar-refractivity contribution in [3.8, 4) is 0 Å². The Bertz CT molecular complexity index is 971. The van der Waals surface area contributed by atoms with Crippen molar-refractivity contribution in [3.63, 3.8) is 0 Å². The van der Waals surface area contributed by atoms with Gasteiger partial charge in [-0.2, -0.15) is 11.8 Å². The fourth-order valence-corrected chi connectivity index (χ4v) is 4.62. The van der Waals surface area contributed by atoms with Crippen LogP contribution >= 0.6 is 23.1 Å². The first kappa shape index (κ1) is 20.4. The van der Waals surface area contributed by atoms with Gasteiger partial charge in [0, 0.05) is 28.3 Å². The molecule has 7 heteroatoms. The third kappa shape index (κ3) is 5.11. The van der Waals surface area contributed by atoms with E-state index in [1.807, 2.05) is 37.3 Å². The summed E-state index contributed by atoms with van der Waals surface area (Å²) in [4.78, 5) is 30.2. The normalized spacial score (nSPS) is 10.8. The van der Waals surface area contributed by atoms with Crippen LogP contribution in [0.15, 0.2) is 41.8 Å². The van der Waals surface area contributed by atoms with Gasteiger partial charge in [0.25, 0.3) is 5.91 Å². The molecule has 5 nitrogen and oxygen atoms in total. The molecule has 0 bridgehead atoms. The average molecular weight is 415 g/mol. The first-order valence-electron chi connectivity index (χ1n) is 8.96. The molecule has 0 saturated carbocycles. The molecule has 0 aliphatic carbocycles. The van der Waals surface area contributed by atoms with Crippen molar-refractivity contribution in [2.75, 3.05) is 18.9 Å². The van der Waals surface area contributed by atoms with Crippen molar-refractivity contribution in [2.24, 2.45) is 0 Å². The molecule has 28 heavy (non-hydrogen) atoms. The van der Waals surface area contributed by atoms with Gasteiger partial charge >= 0.3 is 5.97 Å². The summed E-state index contributed by atoms with van der Waals surface area (Å²) in [7, 11) is 0. The minimum absolute atomic E-state index is 0.292. The first-order chi connectivity index (χ1) is 13.6. The molecule has 1 amide bonds. The fourth-order valence-electron chi connectivity index (χ4n) is 2.92. The first-order valence-corrected chi connectivity index (χ1v) is 11.0. The summed E-state index contributed by atoms with van der Waals surface area (Å²) >= 11 is 3.49. The Morgan fingerprint density at radius 2 is 2.00 bits per heavy atom. The summed E-state index contributed by atoms with van der Waals surface area (Å²) in [6.45, 7) is 3.90. The molecule has 3 aromatic rings. The standard InChI is InChI=1S/C21H22N2O3S2/c1-14-17-7-3-4-8-18(17)23-15(2)20(14)21(25)26-12-19(24)22-9-11-27-13-16-6-5-10-28-16/h3-8,10H,9,11-13H2,1-2H3,(H,22,24). The lowest BCUT2D eigenvalue weighted by molar-refractivity contribution is -0.124. The number of aryl methyl sites for hydroxylation is 2. The van der Waals surface area contributed by atoms with Gasteiger partial charge in [-0.15, -0.1) is 11.3 Å². The second-order valence-electron chi connectivity index (χ2n) is 6.27. The largest absolute Gasteiger partial charge is 0.452 e. The highest BCUT2D eigenvalue weighted by Crippen LogP contribution is 2.23. The number of rotatable bonds is 8. The number of esters is 1. The summed E-state index contributed by atoms with van der Waals surface area (Å²) in [6, 6.07) is 11.8. The van der Waals surface area contributed by atoms with Crippen molar-refractivity contribution < 1.29 is 14.3 Å². The number of amides is 1. The molecule has 0 aliphatic heterocycles. The number of hydrogen-bond acceptors (Lipinski definition) is 6. The van der Waals surface area contributed by atoms with Gasteiger partial charge in [-0.3, -0.25) is 9.78 Å². The Morgan fingerprint density at radius 1 is 1.18 bits per heavy atom. The van der Waals surface area contributed by atoms with E-state index >= 15 is 0 Å². The fraction of sp³-hybridized carbons (Fsp3) is 0.286. The lowest BCUT2D eigenvalue weighted by Crippen LogP contribution is -2.30. The van der Waals surface area contributed by atoms with E-state index in [1.165, 1.54) is 4.88 Å². The molecule has 1 aromatic carbocycles. The summed E-state index contributed by atoms with van der Waals surface area (Å²) in [5.74, 6) is 0.935. The average Bonchev–Trinajstić information content (AvgIpc) is 3.19. The Labute approximate surface area is 172 Å². The highest BCUT2D eigenvalue weighted by molar-refractivity contribution is 7.98. The zero-order chi connectivity index (χ0) is 19.9. The number of carbonyl (C=O) groups excluding carboxylic acids is 2. The SMILES string of the molecule is Cc1nc2ccccc2c(C)c1C(=O)OCC(=O)NCCSCc1cccs1. The molecule has 3 rings (SSSR count). The van der Waals surface area contributed by atoms with Crippen LogP contribution in [0.1, 0.15) is 26.5 Å².